The fraction of sp³-hybridized carbons (Fsp3) is 0.136. The molecule has 0 saturated heterocycles. The lowest BCUT2D eigenvalue weighted by atomic mass is 10.1. The molecule has 1 heterocycles. The number of carbonyl (C=O) groups is 1. The maximum atomic E-state index is 12.3. The number of rotatable bonds is 2. The molecule has 3 aromatic rings. The number of H-pyrrole nitrogens is 1. The lowest BCUT2D eigenvalue weighted by Crippen LogP contribution is -2.24. The van der Waals surface area contributed by atoms with E-state index in [9.17, 15) is 4.79 Å². The average molecular weight is 435 g/mol. The van der Waals surface area contributed by atoms with E-state index in [2.05, 4.69) is 50.3 Å². The number of halogens is 1. The summed E-state index contributed by atoms with van der Waals surface area (Å²) in [6, 6.07) is 16.3. The van der Waals surface area contributed by atoms with Gasteiger partial charge in [0.1, 0.15) is 16.6 Å². The van der Waals surface area contributed by atoms with Gasteiger partial charge in [-0.05, 0) is 40.4 Å². The van der Waals surface area contributed by atoms with Crippen molar-refractivity contribution in [3.05, 3.63) is 64.8 Å². The van der Waals surface area contributed by atoms with Gasteiger partial charge in [0.05, 0.1) is 23.2 Å². The third-order valence-corrected chi connectivity index (χ3v) is 5.63. The van der Waals surface area contributed by atoms with Gasteiger partial charge in [0.25, 0.3) is 10.9 Å². The lowest BCUT2D eigenvalue weighted by molar-refractivity contribution is -0.523. The number of aromatic nitrogens is 2. The van der Waals surface area contributed by atoms with Crippen LogP contribution < -0.4 is 9.10 Å². The number of ether oxygens (including phenoxy) is 1. The molecule has 0 saturated carbocycles. The van der Waals surface area contributed by atoms with Gasteiger partial charge in [0, 0.05) is 16.6 Å². The van der Waals surface area contributed by atoms with Gasteiger partial charge in [0.15, 0.2) is 0 Å². The van der Waals surface area contributed by atoms with Crippen molar-refractivity contribution in [2.75, 3.05) is 12.4 Å². The van der Waals surface area contributed by atoms with Crippen LogP contribution in [-0.4, -0.2) is 23.3 Å². The minimum absolute atomic E-state index is 0.168. The Morgan fingerprint density at radius 1 is 1.18 bits per heavy atom. The first kappa shape index (κ1) is 17.1. The molecule has 0 unspecified atom stereocenters. The van der Waals surface area contributed by atoms with E-state index in [0.29, 0.717) is 0 Å². The van der Waals surface area contributed by atoms with Crippen LogP contribution in [0.15, 0.2) is 53.6 Å². The lowest BCUT2D eigenvalue weighted by Gasteiger charge is -2.04. The molecule has 1 N–H and O–H groups in total. The van der Waals surface area contributed by atoms with Gasteiger partial charge in [-0.1, -0.05) is 40.2 Å². The van der Waals surface area contributed by atoms with Gasteiger partial charge in [-0.3, -0.25) is 4.79 Å². The first-order chi connectivity index (χ1) is 13.6. The van der Waals surface area contributed by atoms with E-state index >= 15 is 0 Å². The molecule has 2 aliphatic rings. The van der Waals surface area contributed by atoms with Crippen LogP contribution in [0.3, 0.4) is 0 Å². The highest BCUT2D eigenvalue weighted by molar-refractivity contribution is 9.09. The number of carbonyl (C=O) groups excluding carboxylic acids is 1. The predicted octanol–water partition coefficient (Wildman–Crippen LogP) is 4.48. The number of aromatic amines is 1. The summed E-state index contributed by atoms with van der Waals surface area (Å²) in [7, 11) is 1.68. The highest BCUT2D eigenvalue weighted by Gasteiger charge is 2.22. The molecule has 5 nitrogen and oxygen atoms in total. The summed E-state index contributed by atoms with van der Waals surface area (Å²) in [5, 5.41) is 10.6. The van der Waals surface area contributed by atoms with Crippen molar-refractivity contribution in [1.82, 2.24) is 4.98 Å². The topological polar surface area (TPSA) is 60.4 Å². The number of aryl methyl sites for hydroxylation is 1. The van der Waals surface area contributed by atoms with Crippen LogP contribution in [0.25, 0.3) is 32.6 Å². The first-order valence-electron chi connectivity index (χ1n) is 8.95. The fourth-order valence-electron chi connectivity index (χ4n) is 4.00. The molecule has 0 bridgehead atoms. The van der Waals surface area contributed by atoms with Gasteiger partial charge >= 0.3 is 5.91 Å². The molecule has 5 rings (SSSR count). The molecule has 0 fully saturated rings. The standard InChI is InChI=1S/C22H16BrN3O2/c1-12-6-8-16-15(10-12)24-21-20-17(28-2)9-7-13-4-3-5-14(19(13)20)22(21)26(16)25-18(27)11-23/h3-10H,11H2,1-2H3/p+1. The number of methoxy groups -OCH3 is 1. The van der Waals surface area contributed by atoms with Crippen molar-refractivity contribution in [2.24, 2.45) is 5.11 Å². The largest absolute Gasteiger partial charge is 0.496 e. The Bertz CT molecular complexity index is 1520. The Morgan fingerprint density at radius 3 is 2.82 bits per heavy atom. The van der Waals surface area contributed by atoms with Crippen LogP contribution in [0.4, 0.5) is 0 Å². The molecule has 3 aromatic carbocycles. The van der Waals surface area contributed by atoms with E-state index in [-0.39, 0.29) is 11.2 Å². The van der Waals surface area contributed by atoms with Crippen molar-refractivity contribution in [3.8, 4) is 5.75 Å². The molecule has 1 aliphatic carbocycles. The third kappa shape index (κ3) is 2.34. The second kappa shape index (κ2) is 6.27. The quantitative estimate of drug-likeness (QED) is 0.329. The number of fused-ring (bicyclic) bond motifs is 3. The van der Waals surface area contributed by atoms with E-state index in [1.54, 1.807) is 11.5 Å². The smallest absolute Gasteiger partial charge is 0.319 e. The molecule has 28 heavy (non-hydrogen) atoms. The first-order valence-corrected chi connectivity index (χ1v) is 10.1. The van der Waals surface area contributed by atoms with Crippen molar-refractivity contribution in [1.29, 1.82) is 0 Å². The second-order valence-corrected chi connectivity index (χ2v) is 7.42. The fourth-order valence-corrected chi connectivity index (χ4v) is 4.11. The summed E-state index contributed by atoms with van der Waals surface area (Å²) in [4.78, 5) is 15.8. The van der Waals surface area contributed by atoms with Crippen LogP contribution in [0, 0.1) is 17.6 Å². The van der Waals surface area contributed by atoms with Crippen LogP contribution in [0.2, 0.25) is 0 Å². The van der Waals surface area contributed by atoms with E-state index in [1.165, 1.54) is 0 Å². The molecular weight excluding hydrogens is 418 g/mol. The Hall–Kier alpha value is -2.99. The maximum absolute atomic E-state index is 12.3. The Kier molecular flexibility index (Phi) is 3.84. The number of hydrogen-bond donors (Lipinski definition) is 1. The Labute approximate surface area is 168 Å². The van der Waals surface area contributed by atoms with Crippen LogP contribution in [-0.2, 0) is 4.79 Å². The SMILES string of the molecule is COc1ccc2cccc3c4[n+](=NC(=O)CBr)c5ccc(C)cc5[nH]c=4c1c23. The summed E-state index contributed by atoms with van der Waals surface area (Å²) in [6.07, 6.45) is 0. The van der Waals surface area contributed by atoms with Crippen LogP contribution in [0.1, 0.15) is 5.56 Å². The van der Waals surface area contributed by atoms with E-state index in [4.69, 9.17) is 4.74 Å². The zero-order valence-corrected chi connectivity index (χ0v) is 17.0. The van der Waals surface area contributed by atoms with E-state index < -0.39 is 0 Å². The number of nitrogens with zero attached hydrogens (tertiary/aromatic N) is 2. The summed E-state index contributed by atoms with van der Waals surface area (Å²) >= 11 is 3.22. The molecule has 0 radical (unpaired) electrons. The summed E-state index contributed by atoms with van der Waals surface area (Å²) < 4.78 is 7.44. The molecule has 138 valence electrons. The summed E-state index contributed by atoms with van der Waals surface area (Å²) in [6.45, 7) is 2.04. The molecule has 1 aliphatic heterocycles. The van der Waals surface area contributed by atoms with Crippen molar-refractivity contribution in [2.45, 2.75) is 6.92 Å². The molecule has 0 aromatic heterocycles. The average Bonchev–Trinajstić information content (AvgIpc) is 3.04. The minimum atomic E-state index is -0.240. The summed E-state index contributed by atoms with van der Waals surface area (Å²) in [5.41, 5.74) is 2.89. The number of hydrogen-bond acceptors (Lipinski definition) is 2. The zero-order valence-electron chi connectivity index (χ0n) is 15.4. The molecular formula is C22H17BrN3O2+. The van der Waals surface area contributed by atoms with Gasteiger partial charge in [-0.2, -0.15) is 0 Å². The van der Waals surface area contributed by atoms with Gasteiger partial charge in [0.2, 0.25) is 0 Å². The Balaban J connectivity index is 2.20. The van der Waals surface area contributed by atoms with E-state index in [1.807, 2.05) is 31.2 Å². The maximum Gasteiger partial charge on any atom is 0.319 e. The van der Waals surface area contributed by atoms with Crippen LogP contribution in [0.5, 0.6) is 5.75 Å². The summed E-state index contributed by atoms with van der Waals surface area (Å²) in [5.74, 6) is 0.552. The van der Waals surface area contributed by atoms with Crippen molar-refractivity contribution >= 4 is 54.4 Å². The molecule has 6 heteroatoms. The highest BCUT2D eigenvalue weighted by atomic mass is 79.9. The van der Waals surface area contributed by atoms with Gasteiger partial charge < -0.3 is 9.72 Å². The molecule has 0 atom stereocenters. The van der Waals surface area contributed by atoms with Crippen molar-refractivity contribution in [3.63, 3.8) is 0 Å². The second-order valence-electron chi connectivity index (χ2n) is 6.85. The van der Waals surface area contributed by atoms with Crippen molar-refractivity contribution < 1.29 is 13.9 Å². The Morgan fingerprint density at radius 2 is 2.04 bits per heavy atom. The number of nitrogens with one attached hydrogen (secondary N) is 1. The van der Waals surface area contributed by atoms with Crippen LogP contribution >= 0.6 is 15.9 Å². The number of alkyl halides is 1. The van der Waals surface area contributed by atoms with Gasteiger partial charge in [-0.25, -0.2) is 0 Å². The normalized spacial score (nSPS) is 12.6. The van der Waals surface area contributed by atoms with E-state index in [0.717, 1.165) is 54.6 Å². The highest BCUT2D eigenvalue weighted by Crippen LogP contribution is 2.36. The molecule has 0 spiro atoms. The molecule has 1 amide bonds. The monoisotopic (exact) mass is 434 g/mol. The number of benzene rings is 3. The number of amides is 1. The zero-order chi connectivity index (χ0) is 19.4. The minimum Gasteiger partial charge on any atom is -0.496 e. The van der Waals surface area contributed by atoms with Gasteiger partial charge in [-0.15, -0.1) is 0 Å². The third-order valence-electron chi connectivity index (χ3n) is 5.15. The predicted molar refractivity (Wildman–Crippen MR) is 112 cm³/mol.